The second kappa shape index (κ2) is 11.6. The van der Waals surface area contributed by atoms with Crippen molar-refractivity contribution in [3.05, 3.63) is 56.0 Å². The van der Waals surface area contributed by atoms with Gasteiger partial charge in [-0.2, -0.15) is 0 Å². The van der Waals surface area contributed by atoms with Gasteiger partial charge in [0.1, 0.15) is 0 Å². The first kappa shape index (κ1) is 25.1. The molecular weight excluding hydrogens is 555 g/mol. The number of rotatable bonds is 8. The number of ether oxygens (including phenoxy) is 3. The van der Waals surface area contributed by atoms with Gasteiger partial charge in [0.25, 0.3) is 5.91 Å². The molecule has 33 heavy (non-hydrogen) atoms. The minimum Gasteiger partial charge on any atom is -0.490 e. The molecule has 1 aliphatic heterocycles. The van der Waals surface area contributed by atoms with Crippen LogP contribution in [0.25, 0.3) is 6.08 Å². The lowest BCUT2D eigenvalue weighted by molar-refractivity contribution is -0.121. The van der Waals surface area contributed by atoms with Crippen molar-refractivity contribution < 1.29 is 23.8 Å². The van der Waals surface area contributed by atoms with Gasteiger partial charge in [0, 0.05) is 7.05 Å². The zero-order valence-corrected chi connectivity index (χ0v) is 21.9. The first-order chi connectivity index (χ1) is 15.9. The SMILES string of the molecule is CCCOc1c(I)cc(C=C2SC(=Nc3cccc(C(=O)OC)c3)N(C)C2=O)cc1OCC. The number of amides is 1. The molecule has 2 aromatic rings. The number of hydrogen-bond donors (Lipinski definition) is 0. The monoisotopic (exact) mass is 580 g/mol. The lowest BCUT2D eigenvalue weighted by Gasteiger charge is -2.14. The Morgan fingerprint density at radius 1 is 1.21 bits per heavy atom. The van der Waals surface area contributed by atoms with E-state index in [4.69, 9.17) is 14.2 Å². The number of carbonyl (C=O) groups excluding carboxylic acids is 2. The fraction of sp³-hybridized carbons (Fsp3) is 0.292. The molecule has 1 amide bonds. The third-order valence-electron chi connectivity index (χ3n) is 4.58. The molecule has 0 unspecified atom stereocenters. The number of likely N-dealkylation sites (N-methyl/N-ethyl adjacent to an activating group) is 1. The Morgan fingerprint density at radius 2 is 2.00 bits per heavy atom. The number of carbonyl (C=O) groups is 2. The highest BCUT2D eigenvalue weighted by Gasteiger charge is 2.30. The van der Waals surface area contributed by atoms with E-state index in [9.17, 15) is 9.59 Å². The first-order valence-corrected chi connectivity index (χ1v) is 12.3. The quantitative estimate of drug-likeness (QED) is 0.233. The maximum Gasteiger partial charge on any atom is 0.337 e. The van der Waals surface area contributed by atoms with Gasteiger partial charge in [-0.05, 0) is 89.7 Å². The van der Waals surface area contributed by atoms with Crippen LogP contribution in [0.1, 0.15) is 36.2 Å². The maximum absolute atomic E-state index is 12.9. The fourth-order valence-electron chi connectivity index (χ4n) is 3.01. The average Bonchev–Trinajstić information content (AvgIpc) is 3.06. The molecule has 0 aromatic heterocycles. The summed E-state index contributed by atoms with van der Waals surface area (Å²) in [5.74, 6) is 0.785. The van der Waals surface area contributed by atoms with Crippen molar-refractivity contribution >= 4 is 63.2 Å². The summed E-state index contributed by atoms with van der Waals surface area (Å²) in [7, 11) is 3.01. The third-order valence-corrected chi connectivity index (χ3v) is 6.44. The van der Waals surface area contributed by atoms with Crippen LogP contribution in [0, 0.1) is 3.57 Å². The summed E-state index contributed by atoms with van der Waals surface area (Å²) in [4.78, 5) is 31.2. The highest BCUT2D eigenvalue weighted by atomic mass is 127. The Labute approximate surface area is 211 Å². The zero-order valence-electron chi connectivity index (χ0n) is 18.9. The highest BCUT2D eigenvalue weighted by Crippen LogP contribution is 2.38. The molecule has 174 valence electrons. The van der Waals surface area contributed by atoms with Crippen LogP contribution in [-0.4, -0.2) is 49.3 Å². The van der Waals surface area contributed by atoms with Gasteiger partial charge in [0.15, 0.2) is 16.7 Å². The van der Waals surface area contributed by atoms with E-state index in [0.29, 0.717) is 40.3 Å². The third kappa shape index (κ3) is 6.08. The molecule has 0 bridgehead atoms. The van der Waals surface area contributed by atoms with Crippen molar-refractivity contribution in [3.8, 4) is 11.5 Å². The Morgan fingerprint density at radius 3 is 2.70 bits per heavy atom. The van der Waals surface area contributed by atoms with E-state index in [1.807, 2.05) is 25.1 Å². The van der Waals surface area contributed by atoms with E-state index in [1.54, 1.807) is 31.3 Å². The van der Waals surface area contributed by atoms with Crippen LogP contribution in [0.2, 0.25) is 0 Å². The fourth-order valence-corrected chi connectivity index (χ4v) is 4.78. The maximum atomic E-state index is 12.9. The van der Waals surface area contributed by atoms with Gasteiger partial charge in [-0.1, -0.05) is 13.0 Å². The van der Waals surface area contributed by atoms with Crippen LogP contribution in [0.15, 0.2) is 46.3 Å². The summed E-state index contributed by atoms with van der Waals surface area (Å²) in [6.07, 6.45) is 2.72. The Bertz CT molecular complexity index is 1120. The molecule has 1 aliphatic rings. The van der Waals surface area contributed by atoms with Crippen molar-refractivity contribution in [1.29, 1.82) is 0 Å². The average molecular weight is 580 g/mol. The molecule has 1 heterocycles. The summed E-state index contributed by atoms with van der Waals surface area (Å²) in [5, 5.41) is 0.524. The Hall–Kier alpha value is -2.53. The number of nitrogens with zero attached hydrogens (tertiary/aromatic N) is 2. The molecule has 0 saturated carbocycles. The van der Waals surface area contributed by atoms with Gasteiger partial charge in [0.2, 0.25) is 0 Å². The van der Waals surface area contributed by atoms with E-state index < -0.39 is 5.97 Å². The Kier molecular flexibility index (Phi) is 8.79. The van der Waals surface area contributed by atoms with Gasteiger partial charge < -0.3 is 14.2 Å². The molecule has 1 fully saturated rings. The number of aliphatic imine (C=N–C) groups is 1. The second-order valence-corrected chi connectivity index (χ2v) is 9.19. The van der Waals surface area contributed by atoms with Crippen LogP contribution in [0.4, 0.5) is 5.69 Å². The standard InChI is InChI=1S/C24H25IN2O5S/c1-5-10-32-21-18(25)11-15(12-19(21)31-6-2)13-20-22(28)27(3)24(33-20)26-17-9-7-8-16(14-17)23(29)30-4/h7-9,11-14H,5-6,10H2,1-4H3. The summed E-state index contributed by atoms with van der Waals surface area (Å²) in [6, 6.07) is 10.6. The van der Waals surface area contributed by atoms with Crippen LogP contribution in [0.3, 0.4) is 0 Å². The van der Waals surface area contributed by atoms with Crippen molar-refractivity contribution in [1.82, 2.24) is 4.90 Å². The van der Waals surface area contributed by atoms with Crippen molar-refractivity contribution in [2.75, 3.05) is 27.4 Å². The summed E-state index contributed by atoms with van der Waals surface area (Å²) in [6.45, 7) is 5.09. The van der Waals surface area contributed by atoms with Crippen molar-refractivity contribution in [2.45, 2.75) is 20.3 Å². The summed E-state index contributed by atoms with van der Waals surface area (Å²) in [5.41, 5.74) is 1.80. The molecule has 0 atom stereocenters. The minimum absolute atomic E-state index is 0.151. The molecule has 2 aromatic carbocycles. The highest BCUT2D eigenvalue weighted by molar-refractivity contribution is 14.1. The molecule has 7 nitrogen and oxygen atoms in total. The smallest absolute Gasteiger partial charge is 0.337 e. The number of benzene rings is 2. The zero-order chi connectivity index (χ0) is 24.0. The summed E-state index contributed by atoms with van der Waals surface area (Å²) >= 11 is 3.50. The van der Waals surface area contributed by atoms with Crippen molar-refractivity contribution in [3.63, 3.8) is 0 Å². The van der Waals surface area contributed by atoms with Gasteiger partial charge in [-0.15, -0.1) is 0 Å². The van der Waals surface area contributed by atoms with Gasteiger partial charge >= 0.3 is 5.97 Å². The molecule has 9 heteroatoms. The largest absolute Gasteiger partial charge is 0.490 e. The number of hydrogen-bond acceptors (Lipinski definition) is 7. The molecule has 0 aliphatic carbocycles. The van der Waals surface area contributed by atoms with E-state index in [1.165, 1.54) is 23.8 Å². The number of methoxy groups -OCH3 is 1. The van der Waals surface area contributed by atoms with E-state index >= 15 is 0 Å². The topological polar surface area (TPSA) is 77.4 Å². The molecular formula is C24H25IN2O5S. The van der Waals surface area contributed by atoms with Gasteiger partial charge in [-0.3, -0.25) is 9.69 Å². The molecule has 3 rings (SSSR count). The number of halogens is 1. The van der Waals surface area contributed by atoms with E-state index in [-0.39, 0.29) is 5.91 Å². The van der Waals surface area contributed by atoms with Gasteiger partial charge in [-0.25, -0.2) is 9.79 Å². The predicted molar refractivity (Wildman–Crippen MR) is 139 cm³/mol. The lowest BCUT2D eigenvalue weighted by Crippen LogP contribution is -2.23. The number of esters is 1. The Balaban J connectivity index is 1.91. The molecule has 0 radical (unpaired) electrons. The van der Waals surface area contributed by atoms with Crippen LogP contribution in [-0.2, 0) is 9.53 Å². The van der Waals surface area contributed by atoms with Crippen LogP contribution >= 0.6 is 34.4 Å². The van der Waals surface area contributed by atoms with Crippen molar-refractivity contribution in [2.24, 2.45) is 4.99 Å². The van der Waals surface area contributed by atoms with E-state index in [2.05, 4.69) is 34.5 Å². The predicted octanol–water partition coefficient (Wildman–Crippen LogP) is 5.50. The van der Waals surface area contributed by atoms with Crippen LogP contribution in [0.5, 0.6) is 11.5 Å². The first-order valence-electron chi connectivity index (χ1n) is 10.4. The molecule has 0 spiro atoms. The van der Waals surface area contributed by atoms with Crippen LogP contribution < -0.4 is 9.47 Å². The summed E-state index contributed by atoms with van der Waals surface area (Å²) < 4.78 is 17.3. The van der Waals surface area contributed by atoms with Gasteiger partial charge in [0.05, 0.1) is 40.0 Å². The number of thioether (sulfide) groups is 1. The normalized spacial score (nSPS) is 15.9. The minimum atomic E-state index is -0.438. The second-order valence-electron chi connectivity index (χ2n) is 7.02. The molecule has 1 saturated heterocycles. The molecule has 0 N–H and O–H groups in total. The lowest BCUT2D eigenvalue weighted by atomic mass is 10.2. The van der Waals surface area contributed by atoms with E-state index in [0.717, 1.165) is 21.3 Å². The number of amidine groups is 1.